The fraction of sp³-hybridized carbons (Fsp3) is 0.231. The molecule has 0 radical (unpaired) electrons. The first-order valence-corrected chi connectivity index (χ1v) is 6.15. The molecule has 0 saturated heterocycles. The summed E-state index contributed by atoms with van der Waals surface area (Å²) in [5.74, 6) is 1.40. The monoisotopic (exact) mass is 263 g/mol. The fourth-order valence-corrected chi connectivity index (χ4v) is 2.44. The molecule has 1 heterocycles. The Morgan fingerprint density at radius 3 is 2.22 bits per heavy atom. The number of hydrogen-bond acceptors (Lipinski definition) is 5. The maximum Gasteiger partial charge on any atom is 0.161 e. The smallest absolute Gasteiger partial charge is 0.161 e. The first-order valence-electron chi connectivity index (χ1n) is 5.34. The Hall–Kier alpha value is -1.88. The Labute approximate surface area is 109 Å². The van der Waals surface area contributed by atoms with E-state index in [-0.39, 0.29) is 0 Å². The summed E-state index contributed by atoms with van der Waals surface area (Å²) >= 11 is 1.36. The highest BCUT2D eigenvalue weighted by Gasteiger charge is 2.11. The minimum atomic E-state index is 0.645. The number of rotatable bonds is 4. The zero-order chi connectivity index (χ0) is 13.1. The van der Waals surface area contributed by atoms with Gasteiger partial charge in [0.25, 0.3) is 0 Å². The van der Waals surface area contributed by atoms with Crippen molar-refractivity contribution in [2.75, 3.05) is 14.2 Å². The van der Waals surface area contributed by atoms with Crippen LogP contribution in [0, 0.1) is 6.92 Å². The van der Waals surface area contributed by atoms with Gasteiger partial charge in [-0.15, -0.1) is 11.3 Å². The third-order valence-corrected chi connectivity index (χ3v) is 3.67. The number of carbonyl (C=O) groups is 1. The van der Waals surface area contributed by atoms with Crippen LogP contribution in [0.3, 0.4) is 0 Å². The Morgan fingerprint density at radius 1 is 1.17 bits per heavy atom. The lowest BCUT2D eigenvalue weighted by Crippen LogP contribution is -1.88. The lowest BCUT2D eigenvalue weighted by molar-refractivity contribution is 0.112. The molecule has 1 aromatic carbocycles. The lowest BCUT2D eigenvalue weighted by atomic mass is 10.2. The summed E-state index contributed by atoms with van der Waals surface area (Å²) in [6.07, 6.45) is 0.827. The van der Waals surface area contributed by atoms with Crippen molar-refractivity contribution in [3.05, 3.63) is 28.8 Å². The van der Waals surface area contributed by atoms with E-state index in [9.17, 15) is 4.79 Å². The highest BCUT2D eigenvalue weighted by atomic mass is 32.1. The largest absolute Gasteiger partial charge is 0.497 e. The molecule has 1 aromatic heterocycles. The Morgan fingerprint density at radius 2 is 1.78 bits per heavy atom. The predicted molar refractivity (Wildman–Crippen MR) is 70.8 cm³/mol. The zero-order valence-corrected chi connectivity index (χ0v) is 11.2. The molecule has 0 atom stereocenters. The molecule has 0 fully saturated rings. The normalized spacial score (nSPS) is 10.2. The molecule has 0 aliphatic heterocycles. The van der Waals surface area contributed by atoms with Gasteiger partial charge in [0.2, 0.25) is 0 Å². The molecule has 0 bridgehead atoms. The molecule has 0 amide bonds. The van der Waals surface area contributed by atoms with Crippen LogP contribution in [-0.2, 0) is 0 Å². The minimum absolute atomic E-state index is 0.645. The van der Waals surface area contributed by atoms with E-state index in [1.165, 1.54) is 11.3 Å². The number of aryl methyl sites for hydroxylation is 1. The first-order chi connectivity index (χ1) is 8.67. The number of ether oxygens (including phenoxy) is 2. The van der Waals surface area contributed by atoms with Gasteiger partial charge in [-0.1, -0.05) is 0 Å². The summed E-state index contributed by atoms with van der Waals surface area (Å²) in [6.45, 7) is 1.82. The summed E-state index contributed by atoms with van der Waals surface area (Å²) in [5, 5.41) is 0.784. The van der Waals surface area contributed by atoms with Crippen molar-refractivity contribution in [1.82, 2.24) is 4.98 Å². The average Bonchev–Trinajstić information content (AvgIpc) is 2.79. The average molecular weight is 263 g/mol. The van der Waals surface area contributed by atoms with Crippen LogP contribution in [0.5, 0.6) is 11.5 Å². The minimum Gasteiger partial charge on any atom is -0.497 e. The van der Waals surface area contributed by atoms with Crippen molar-refractivity contribution in [1.29, 1.82) is 0 Å². The molecule has 18 heavy (non-hydrogen) atoms. The van der Waals surface area contributed by atoms with Crippen LogP contribution in [0.15, 0.2) is 18.2 Å². The summed E-state index contributed by atoms with van der Waals surface area (Å²) < 4.78 is 10.4. The second kappa shape index (κ2) is 5.18. The second-order valence-corrected chi connectivity index (χ2v) is 4.72. The number of aromatic nitrogens is 1. The van der Waals surface area contributed by atoms with Gasteiger partial charge in [-0.3, -0.25) is 4.79 Å². The van der Waals surface area contributed by atoms with E-state index in [0.29, 0.717) is 16.4 Å². The number of carbonyl (C=O) groups excluding carboxylic acids is 1. The van der Waals surface area contributed by atoms with Crippen LogP contribution < -0.4 is 9.47 Å². The third-order valence-electron chi connectivity index (χ3n) is 2.54. The van der Waals surface area contributed by atoms with Crippen LogP contribution in [0.25, 0.3) is 10.6 Å². The molecule has 0 aliphatic carbocycles. The molecular weight excluding hydrogens is 250 g/mol. The zero-order valence-electron chi connectivity index (χ0n) is 10.4. The van der Waals surface area contributed by atoms with Crippen molar-refractivity contribution in [2.45, 2.75) is 6.92 Å². The quantitative estimate of drug-likeness (QED) is 0.796. The second-order valence-electron chi connectivity index (χ2n) is 3.69. The molecule has 4 nitrogen and oxygen atoms in total. The van der Waals surface area contributed by atoms with Crippen molar-refractivity contribution in [2.24, 2.45) is 0 Å². The Kier molecular flexibility index (Phi) is 3.62. The molecule has 0 unspecified atom stereocenters. The molecular formula is C13H13NO3S. The molecule has 5 heteroatoms. The van der Waals surface area contributed by atoms with Crippen molar-refractivity contribution in [3.8, 4) is 22.1 Å². The first kappa shape index (κ1) is 12.6. The fourth-order valence-electron chi connectivity index (χ4n) is 1.57. The van der Waals surface area contributed by atoms with Crippen LogP contribution in [0.2, 0.25) is 0 Å². The Bertz CT molecular complexity index is 555. The number of nitrogens with zero attached hydrogens (tertiary/aromatic N) is 1. The molecule has 94 valence electrons. The van der Waals surface area contributed by atoms with Crippen LogP contribution >= 0.6 is 11.3 Å². The summed E-state index contributed by atoms with van der Waals surface area (Å²) in [7, 11) is 3.20. The van der Waals surface area contributed by atoms with Crippen LogP contribution in [0.4, 0.5) is 0 Å². The standard InChI is InChI=1S/C13H13NO3S/c1-8-12(7-15)18-13(14-8)9-4-10(16-2)6-11(5-9)17-3/h4-7H,1-3H3. The lowest BCUT2D eigenvalue weighted by Gasteiger charge is -2.06. The molecule has 0 saturated carbocycles. The SMILES string of the molecule is COc1cc(OC)cc(-c2nc(C)c(C=O)s2)c1. The van der Waals surface area contributed by atoms with Gasteiger partial charge < -0.3 is 9.47 Å². The van der Waals surface area contributed by atoms with Gasteiger partial charge in [-0.05, 0) is 19.1 Å². The number of thiazole rings is 1. The van der Waals surface area contributed by atoms with Crippen LogP contribution in [0.1, 0.15) is 15.4 Å². The number of benzene rings is 1. The van der Waals surface area contributed by atoms with E-state index in [1.807, 2.05) is 19.1 Å². The van der Waals surface area contributed by atoms with E-state index >= 15 is 0 Å². The van der Waals surface area contributed by atoms with Crippen molar-refractivity contribution < 1.29 is 14.3 Å². The van der Waals surface area contributed by atoms with Gasteiger partial charge in [0, 0.05) is 11.6 Å². The number of hydrogen-bond donors (Lipinski definition) is 0. The van der Waals surface area contributed by atoms with Gasteiger partial charge in [0.1, 0.15) is 16.5 Å². The maximum atomic E-state index is 10.8. The van der Waals surface area contributed by atoms with Gasteiger partial charge in [0.15, 0.2) is 6.29 Å². The number of aldehydes is 1. The topological polar surface area (TPSA) is 48.4 Å². The molecule has 0 N–H and O–H groups in total. The van der Waals surface area contributed by atoms with Crippen molar-refractivity contribution in [3.63, 3.8) is 0 Å². The number of methoxy groups -OCH3 is 2. The molecule has 2 aromatic rings. The van der Waals surface area contributed by atoms with E-state index in [0.717, 1.165) is 22.6 Å². The molecule has 0 spiro atoms. The van der Waals surface area contributed by atoms with Gasteiger partial charge >= 0.3 is 0 Å². The van der Waals surface area contributed by atoms with E-state index in [4.69, 9.17) is 9.47 Å². The van der Waals surface area contributed by atoms with Gasteiger partial charge in [0.05, 0.1) is 24.8 Å². The molecule has 0 aliphatic rings. The Balaban J connectivity index is 2.51. The molecule has 2 rings (SSSR count). The highest BCUT2D eigenvalue weighted by molar-refractivity contribution is 7.16. The van der Waals surface area contributed by atoms with E-state index in [1.54, 1.807) is 20.3 Å². The van der Waals surface area contributed by atoms with Crippen molar-refractivity contribution >= 4 is 17.6 Å². The van der Waals surface area contributed by atoms with E-state index < -0.39 is 0 Å². The predicted octanol–water partition coefficient (Wildman–Crippen LogP) is 2.95. The maximum absolute atomic E-state index is 10.8. The highest BCUT2D eigenvalue weighted by Crippen LogP contribution is 2.32. The summed E-state index contributed by atoms with van der Waals surface area (Å²) in [5.41, 5.74) is 1.62. The van der Waals surface area contributed by atoms with Crippen LogP contribution in [-0.4, -0.2) is 25.5 Å². The van der Waals surface area contributed by atoms with Gasteiger partial charge in [-0.2, -0.15) is 0 Å². The third kappa shape index (κ3) is 2.36. The van der Waals surface area contributed by atoms with E-state index in [2.05, 4.69) is 4.98 Å². The van der Waals surface area contributed by atoms with Gasteiger partial charge in [-0.25, -0.2) is 4.98 Å². The summed E-state index contributed by atoms with van der Waals surface area (Å²) in [4.78, 5) is 15.9. The summed E-state index contributed by atoms with van der Waals surface area (Å²) in [6, 6.07) is 5.54.